The molecular weight excluding hydrogens is 240 g/mol. The Morgan fingerprint density at radius 2 is 2.21 bits per heavy atom. The fraction of sp³-hybridized carbons (Fsp3) is 0.267. The Hall–Kier alpha value is -2.07. The van der Waals surface area contributed by atoms with Crippen molar-refractivity contribution in [1.82, 2.24) is 9.55 Å². The van der Waals surface area contributed by atoms with Gasteiger partial charge in [0.25, 0.3) is 0 Å². The second-order valence-electron chi connectivity index (χ2n) is 4.70. The average Bonchev–Trinajstić information content (AvgIpc) is 3.01. The lowest BCUT2D eigenvalue weighted by atomic mass is 10.1. The van der Waals surface area contributed by atoms with Crippen LogP contribution < -0.4 is 0 Å². The van der Waals surface area contributed by atoms with Crippen LogP contribution in [0.25, 0.3) is 11.0 Å². The SMILES string of the molecule is Cn1ccnc1CCC(O)c1cc2ccccc2o1. The highest BCUT2D eigenvalue weighted by Crippen LogP contribution is 2.26. The highest BCUT2D eigenvalue weighted by atomic mass is 16.4. The quantitative estimate of drug-likeness (QED) is 0.781. The van der Waals surface area contributed by atoms with Crippen molar-refractivity contribution in [2.45, 2.75) is 18.9 Å². The van der Waals surface area contributed by atoms with Crippen LogP contribution in [-0.2, 0) is 13.5 Å². The number of para-hydroxylation sites is 1. The lowest BCUT2D eigenvalue weighted by Crippen LogP contribution is -2.02. The molecule has 0 radical (unpaired) electrons. The molecule has 1 unspecified atom stereocenters. The van der Waals surface area contributed by atoms with E-state index in [0.29, 0.717) is 12.2 Å². The minimum absolute atomic E-state index is 0.593. The Bertz CT molecular complexity index is 651. The Morgan fingerprint density at radius 1 is 1.37 bits per heavy atom. The van der Waals surface area contributed by atoms with Crippen molar-refractivity contribution in [3.8, 4) is 0 Å². The highest BCUT2D eigenvalue weighted by Gasteiger charge is 2.14. The van der Waals surface area contributed by atoms with E-state index in [0.717, 1.165) is 23.2 Å². The number of aliphatic hydroxyl groups excluding tert-OH is 1. The molecule has 0 spiro atoms. The molecule has 0 amide bonds. The molecule has 0 bridgehead atoms. The second-order valence-corrected chi connectivity index (χ2v) is 4.70. The molecule has 3 rings (SSSR count). The average molecular weight is 256 g/mol. The Labute approximate surface area is 111 Å². The molecule has 2 aromatic heterocycles. The van der Waals surface area contributed by atoms with Gasteiger partial charge in [-0.15, -0.1) is 0 Å². The van der Waals surface area contributed by atoms with Gasteiger partial charge in [-0.2, -0.15) is 0 Å². The summed E-state index contributed by atoms with van der Waals surface area (Å²) in [5.41, 5.74) is 0.813. The van der Waals surface area contributed by atoms with Crippen LogP contribution in [-0.4, -0.2) is 14.7 Å². The van der Waals surface area contributed by atoms with E-state index in [1.165, 1.54) is 0 Å². The molecule has 2 heterocycles. The summed E-state index contributed by atoms with van der Waals surface area (Å²) in [6, 6.07) is 9.67. The summed E-state index contributed by atoms with van der Waals surface area (Å²) < 4.78 is 7.62. The van der Waals surface area contributed by atoms with Crippen LogP contribution >= 0.6 is 0 Å². The van der Waals surface area contributed by atoms with Crippen LogP contribution in [0.15, 0.2) is 47.1 Å². The summed E-state index contributed by atoms with van der Waals surface area (Å²) in [4.78, 5) is 4.25. The number of aryl methyl sites for hydroxylation is 2. The summed E-state index contributed by atoms with van der Waals surface area (Å²) >= 11 is 0. The van der Waals surface area contributed by atoms with Crippen molar-refractivity contribution >= 4 is 11.0 Å². The first-order valence-corrected chi connectivity index (χ1v) is 6.37. The summed E-state index contributed by atoms with van der Waals surface area (Å²) in [5, 5.41) is 11.2. The first-order chi connectivity index (χ1) is 9.24. The van der Waals surface area contributed by atoms with Gasteiger partial charge in [0.15, 0.2) is 0 Å². The van der Waals surface area contributed by atoms with Crippen LogP contribution in [0.4, 0.5) is 0 Å². The van der Waals surface area contributed by atoms with Crippen LogP contribution in [0.1, 0.15) is 24.1 Å². The number of fused-ring (bicyclic) bond motifs is 1. The van der Waals surface area contributed by atoms with Gasteiger partial charge in [0.1, 0.15) is 23.3 Å². The van der Waals surface area contributed by atoms with Crippen LogP contribution in [0, 0.1) is 0 Å². The molecule has 0 aliphatic carbocycles. The monoisotopic (exact) mass is 256 g/mol. The van der Waals surface area contributed by atoms with Crippen LogP contribution in [0.5, 0.6) is 0 Å². The highest BCUT2D eigenvalue weighted by molar-refractivity contribution is 5.77. The third-order valence-corrected chi connectivity index (χ3v) is 3.34. The first-order valence-electron chi connectivity index (χ1n) is 6.37. The Kier molecular flexibility index (Phi) is 3.09. The van der Waals surface area contributed by atoms with E-state index >= 15 is 0 Å². The fourth-order valence-corrected chi connectivity index (χ4v) is 2.21. The zero-order valence-corrected chi connectivity index (χ0v) is 10.8. The van der Waals surface area contributed by atoms with Crippen molar-refractivity contribution in [1.29, 1.82) is 0 Å². The van der Waals surface area contributed by atoms with Crippen molar-refractivity contribution in [2.24, 2.45) is 7.05 Å². The molecule has 0 aliphatic rings. The van der Waals surface area contributed by atoms with Gasteiger partial charge in [-0.05, 0) is 18.6 Å². The second kappa shape index (κ2) is 4.90. The molecule has 1 N–H and O–H groups in total. The number of aromatic nitrogens is 2. The van der Waals surface area contributed by atoms with Crippen molar-refractivity contribution in [2.75, 3.05) is 0 Å². The van der Waals surface area contributed by atoms with E-state index in [1.807, 2.05) is 48.1 Å². The number of furan rings is 1. The summed E-state index contributed by atoms with van der Waals surface area (Å²) in [7, 11) is 1.95. The number of hydrogen-bond donors (Lipinski definition) is 1. The molecule has 3 aromatic rings. The van der Waals surface area contributed by atoms with Gasteiger partial charge in [-0.25, -0.2) is 4.98 Å². The van der Waals surface area contributed by atoms with Crippen LogP contribution in [0.2, 0.25) is 0 Å². The maximum Gasteiger partial charge on any atom is 0.134 e. The molecule has 0 saturated heterocycles. The number of aliphatic hydroxyl groups is 1. The molecule has 0 fully saturated rings. The topological polar surface area (TPSA) is 51.2 Å². The van der Waals surface area contributed by atoms with Gasteiger partial charge in [0, 0.05) is 31.2 Å². The zero-order valence-electron chi connectivity index (χ0n) is 10.8. The Morgan fingerprint density at radius 3 is 2.95 bits per heavy atom. The van der Waals surface area contributed by atoms with E-state index in [-0.39, 0.29) is 0 Å². The van der Waals surface area contributed by atoms with E-state index in [1.54, 1.807) is 6.20 Å². The number of nitrogens with zero attached hydrogens (tertiary/aromatic N) is 2. The Balaban J connectivity index is 1.73. The van der Waals surface area contributed by atoms with E-state index in [2.05, 4.69) is 4.98 Å². The molecule has 1 atom stereocenters. The van der Waals surface area contributed by atoms with E-state index in [9.17, 15) is 5.11 Å². The summed E-state index contributed by atoms with van der Waals surface area (Å²) in [5.74, 6) is 1.59. The summed E-state index contributed by atoms with van der Waals surface area (Å²) in [6.45, 7) is 0. The van der Waals surface area contributed by atoms with E-state index in [4.69, 9.17) is 4.42 Å². The van der Waals surface area contributed by atoms with Gasteiger partial charge in [-0.3, -0.25) is 0 Å². The summed E-state index contributed by atoms with van der Waals surface area (Å²) in [6.07, 6.45) is 4.40. The van der Waals surface area contributed by atoms with Gasteiger partial charge in [0.05, 0.1) is 0 Å². The van der Waals surface area contributed by atoms with Gasteiger partial charge in [-0.1, -0.05) is 18.2 Å². The third kappa shape index (κ3) is 2.39. The minimum atomic E-state index is -0.593. The fourth-order valence-electron chi connectivity index (χ4n) is 2.21. The standard InChI is InChI=1S/C15H16N2O2/c1-17-9-8-16-15(17)7-6-12(18)14-10-11-4-2-3-5-13(11)19-14/h2-5,8-10,12,18H,6-7H2,1H3. The number of imidazole rings is 1. The predicted octanol–water partition coefficient (Wildman–Crippen LogP) is 2.83. The molecule has 19 heavy (non-hydrogen) atoms. The van der Waals surface area contributed by atoms with E-state index < -0.39 is 6.10 Å². The maximum absolute atomic E-state index is 10.2. The lowest BCUT2D eigenvalue weighted by molar-refractivity contribution is 0.142. The lowest BCUT2D eigenvalue weighted by Gasteiger charge is -2.07. The predicted molar refractivity (Wildman–Crippen MR) is 72.7 cm³/mol. The van der Waals surface area contributed by atoms with Gasteiger partial charge >= 0.3 is 0 Å². The molecule has 4 heteroatoms. The number of benzene rings is 1. The van der Waals surface area contributed by atoms with Crippen molar-refractivity contribution < 1.29 is 9.52 Å². The van der Waals surface area contributed by atoms with Crippen LogP contribution in [0.3, 0.4) is 0 Å². The minimum Gasteiger partial charge on any atom is -0.458 e. The largest absolute Gasteiger partial charge is 0.458 e. The van der Waals surface area contributed by atoms with Gasteiger partial charge in [0.2, 0.25) is 0 Å². The maximum atomic E-state index is 10.2. The van der Waals surface area contributed by atoms with Crippen molar-refractivity contribution in [3.63, 3.8) is 0 Å². The number of rotatable bonds is 4. The number of hydrogen-bond acceptors (Lipinski definition) is 3. The molecule has 98 valence electrons. The normalized spacial score (nSPS) is 12.9. The molecule has 1 aromatic carbocycles. The molecule has 0 saturated carbocycles. The zero-order chi connectivity index (χ0) is 13.2. The van der Waals surface area contributed by atoms with Crippen molar-refractivity contribution in [3.05, 3.63) is 54.3 Å². The smallest absolute Gasteiger partial charge is 0.134 e. The first kappa shape index (κ1) is 12.0. The molecule has 0 aliphatic heterocycles. The van der Waals surface area contributed by atoms with Gasteiger partial charge < -0.3 is 14.1 Å². The third-order valence-electron chi connectivity index (χ3n) is 3.34. The molecular formula is C15H16N2O2. The molecule has 4 nitrogen and oxygen atoms in total.